The van der Waals surface area contributed by atoms with E-state index in [-0.39, 0.29) is 12.4 Å². The van der Waals surface area contributed by atoms with Gasteiger partial charge in [-0.25, -0.2) is 0 Å². The molecule has 0 spiro atoms. The van der Waals surface area contributed by atoms with Crippen LogP contribution in [0.4, 0.5) is 0 Å². The monoisotopic (exact) mass is 385 g/mol. The molecule has 0 amide bonds. The highest BCUT2D eigenvalue weighted by atomic mass is 16.5. The van der Waals surface area contributed by atoms with Crippen molar-refractivity contribution in [3.8, 4) is 0 Å². The molecule has 0 radical (unpaired) electrons. The van der Waals surface area contributed by atoms with E-state index >= 15 is 0 Å². The summed E-state index contributed by atoms with van der Waals surface area (Å²) < 4.78 is 7.96. The smallest absolute Gasteiger partial charge is 0.191 e. The first kappa shape index (κ1) is 20.7. The first-order chi connectivity index (χ1) is 13.5. The number of rotatable bonds is 9. The van der Waals surface area contributed by atoms with Crippen molar-refractivity contribution in [2.75, 3.05) is 46.4 Å². The van der Waals surface area contributed by atoms with Crippen LogP contribution in [0.5, 0.6) is 0 Å². The Hall–Kier alpha value is -1.99. The summed E-state index contributed by atoms with van der Waals surface area (Å²) in [4.78, 5) is 17.5. The second-order valence-electron chi connectivity index (χ2n) is 7.62. The minimum absolute atomic E-state index is 0.0476. The molecule has 1 aliphatic heterocycles. The predicted octanol–water partition coefficient (Wildman–Crippen LogP) is 1.44. The van der Waals surface area contributed by atoms with E-state index in [2.05, 4.69) is 16.8 Å². The van der Waals surface area contributed by atoms with Crippen molar-refractivity contribution >= 4 is 5.78 Å². The first-order valence-corrected chi connectivity index (χ1v) is 9.93. The maximum Gasteiger partial charge on any atom is 0.191 e. The second kappa shape index (κ2) is 9.98. The minimum atomic E-state index is -0.613. The second-order valence-corrected chi connectivity index (χ2v) is 7.62. The molecule has 152 valence electrons. The lowest BCUT2D eigenvalue weighted by molar-refractivity contribution is -0.0178. The molecular weight excluding hydrogens is 354 g/mol. The molecule has 6 nitrogen and oxygen atoms in total. The zero-order chi connectivity index (χ0) is 19.9. The van der Waals surface area contributed by atoms with Crippen LogP contribution in [0, 0.1) is 0 Å². The average Bonchev–Trinajstić information content (AvgIpc) is 3.11. The number of Topliss-reactive ketones (excluding diaryl/α,β-unsaturated/α-hetero) is 1. The van der Waals surface area contributed by atoms with Crippen molar-refractivity contribution in [1.29, 1.82) is 0 Å². The third-order valence-corrected chi connectivity index (χ3v) is 5.35. The van der Waals surface area contributed by atoms with Gasteiger partial charge in [0.15, 0.2) is 5.78 Å². The van der Waals surface area contributed by atoms with Crippen molar-refractivity contribution in [1.82, 2.24) is 14.4 Å². The molecule has 0 aliphatic carbocycles. The third kappa shape index (κ3) is 5.75. The number of hydrogen-bond donors (Lipinski definition) is 1. The van der Waals surface area contributed by atoms with Crippen molar-refractivity contribution in [2.24, 2.45) is 7.05 Å². The fraction of sp³-hybridized carbons (Fsp3) is 0.500. The van der Waals surface area contributed by atoms with Crippen LogP contribution in [0.2, 0.25) is 0 Å². The number of carbonyl (C=O) groups excluding carboxylic acids is 1. The number of aryl methyl sites for hydroxylation is 1. The molecule has 0 bridgehead atoms. The number of ether oxygens (including phenoxy) is 1. The summed E-state index contributed by atoms with van der Waals surface area (Å²) in [6.45, 7) is 4.64. The van der Waals surface area contributed by atoms with E-state index in [1.807, 2.05) is 60.3 Å². The number of aliphatic hydroxyl groups excluding tert-OH is 1. The van der Waals surface area contributed by atoms with Gasteiger partial charge in [-0.3, -0.25) is 9.69 Å². The van der Waals surface area contributed by atoms with Gasteiger partial charge in [0.2, 0.25) is 0 Å². The lowest BCUT2D eigenvalue weighted by atomic mass is 10.0. The Morgan fingerprint density at radius 3 is 2.43 bits per heavy atom. The van der Waals surface area contributed by atoms with Crippen molar-refractivity contribution in [3.05, 3.63) is 59.9 Å². The summed E-state index contributed by atoms with van der Waals surface area (Å²) >= 11 is 0. The summed E-state index contributed by atoms with van der Waals surface area (Å²) in [5.41, 5.74) is 1.66. The Morgan fingerprint density at radius 2 is 1.79 bits per heavy atom. The molecule has 1 N–H and O–H groups in total. The maximum absolute atomic E-state index is 13.0. The molecule has 3 rings (SSSR count). The summed E-state index contributed by atoms with van der Waals surface area (Å²) in [5.74, 6) is -0.0476. The number of aromatic nitrogens is 1. The molecule has 1 aromatic carbocycles. The Balaban J connectivity index is 1.60. The Labute approximate surface area is 167 Å². The topological polar surface area (TPSA) is 57.9 Å². The van der Waals surface area contributed by atoms with Gasteiger partial charge < -0.3 is 19.3 Å². The van der Waals surface area contributed by atoms with Crippen LogP contribution in [-0.2, 0) is 18.2 Å². The van der Waals surface area contributed by atoms with E-state index in [0.29, 0.717) is 18.5 Å². The number of hydrogen-bond acceptors (Lipinski definition) is 5. The van der Waals surface area contributed by atoms with Gasteiger partial charge in [0.05, 0.1) is 12.7 Å². The Kier molecular flexibility index (Phi) is 7.39. The van der Waals surface area contributed by atoms with Gasteiger partial charge >= 0.3 is 0 Å². The van der Waals surface area contributed by atoms with Crippen LogP contribution in [0.25, 0.3) is 0 Å². The summed E-state index contributed by atoms with van der Waals surface area (Å²) in [6, 6.07) is 13.2. The minimum Gasteiger partial charge on any atom is -0.389 e. The molecule has 2 unspecified atom stereocenters. The SMILES string of the molecule is CN1CCN(CC(O)COC(Cc2cccn2C)C(=O)c2ccccc2)CC1. The first-order valence-electron chi connectivity index (χ1n) is 9.93. The van der Waals surface area contributed by atoms with E-state index in [4.69, 9.17) is 4.74 Å². The highest BCUT2D eigenvalue weighted by molar-refractivity contribution is 5.99. The zero-order valence-corrected chi connectivity index (χ0v) is 16.8. The molecule has 0 saturated carbocycles. The largest absolute Gasteiger partial charge is 0.389 e. The molecule has 1 saturated heterocycles. The fourth-order valence-electron chi connectivity index (χ4n) is 3.52. The quantitative estimate of drug-likeness (QED) is 0.662. The van der Waals surface area contributed by atoms with E-state index in [9.17, 15) is 9.90 Å². The van der Waals surface area contributed by atoms with Gasteiger partial charge in [-0.15, -0.1) is 0 Å². The van der Waals surface area contributed by atoms with Crippen LogP contribution in [0.1, 0.15) is 16.1 Å². The van der Waals surface area contributed by atoms with Crippen molar-refractivity contribution < 1.29 is 14.6 Å². The number of piperazine rings is 1. The van der Waals surface area contributed by atoms with Crippen molar-refractivity contribution in [3.63, 3.8) is 0 Å². The van der Waals surface area contributed by atoms with Gasteiger partial charge in [0.1, 0.15) is 6.10 Å². The van der Waals surface area contributed by atoms with Crippen LogP contribution < -0.4 is 0 Å². The lowest BCUT2D eigenvalue weighted by Gasteiger charge is -2.33. The Bertz CT molecular complexity index is 738. The van der Waals surface area contributed by atoms with Crippen molar-refractivity contribution in [2.45, 2.75) is 18.6 Å². The number of ketones is 1. The van der Waals surface area contributed by atoms with Crippen LogP contribution >= 0.6 is 0 Å². The summed E-state index contributed by atoms with van der Waals surface area (Å²) in [7, 11) is 4.07. The molecular formula is C22H31N3O3. The predicted molar refractivity (Wildman–Crippen MR) is 110 cm³/mol. The zero-order valence-electron chi connectivity index (χ0n) is 16.8. The van der Waals surface area contributed by atoms with E-state index in [0.717, 1.165) is 31.9 Å². The molecule has 28 heavy (non-hydrogen) atoms. The molecule has 2 atom stereocenters. The number of carbonyl (C=O) groups is 1. The molecule has 2 aromatic rings. The summed E-state index contributed by atoms with van der Waals surface area (Å²) in [6.07, 6.45) is 1.22. The van der Waals surface area contributed by atoms with Crippen LogP contribution in [-0.4, -0.2) is 83.8 Å². The fourth-order valence-corrected chi connectivity index (χ4v) is 3.52. The van der Waals surface area contributed by atoms with Crippen LogP contribution in [0.3, 0.4) is 0 Å². The van der Waals surface area contributed by atoms with Gasteiger partial charge in [-0.2, -0.15) is 0 Å². The van der Waals surface area contributed by atoms with Gasteiger partial charge in [-0.05, 0) is 19.2 Å². The molecule has 1 aliphatic rings. The third-order valence-electron chi connectivity index (χ3n) is 5.35. The highest BCUT2D eigenvalue weighted by Crippen LogP contribution is 2.14. The Morgan fingerprint density at radius 1 is 1.07 bits per heavy atom. The molecule has 1 aromatic heterocycles. The van der Waals surface area contributed by atoms with Crippen LogP contribution in [0.15, 0.2) is 48.7 Å². The van der Waals surface area contributed by atoms with E-state index in [1.54, 1.807) is 0 Å². The average molecular weight is 386 g/mol. The standard InChI is InChI=1S/C22H31N3O3/c1-23-11-13-25(14-12-23)16-20(26)17-28-21(15-19-9-6-10-24(19)2)22(27)18-7-4-3-5-8-18/h3-10,20-21,26H,11-17H2,1-2H3. The lowest BCUT2D eigenvalue weighted by Crippen LogP contribution is -2.48. The summed E-state index contributed by atoms with van der Waals surface area (Å²) in [5, 5.41) is 10.5. The van der Waals surface area contributed by atoms with E-state index < -0.39 is 12.2 Å². The maximum atomic E-state index is 13.0. The highest BCUT2D eigenvalue weighted by Gasteiger charge is 2.24. The van der Waals surface area contributed by atoms with E-state index in [1.165, 1.54) is 0 Å². The number of aliphatic hydroxyl groups is 1. The van der Waals surface area contributed by atoms with Gasteiger partial charge in [0, 0.05) is 63.6 Å². The molecule has 1 fully saturated rings. The normalized spacial score (nSPS) is 18.1. The number of β-amino-alcohol motifs (C(OH)–C–C–N with tert-alkyl or cyclic N) is 1. The molecule has 2 heterocycles. The van der Waals surface area contributed by atoms with Gasteiger partial charge in [0.25, 0.3) is 0 Å². The number of likely N-dealkylation sites (N-methyl/N-ethyl adjacent to an activating group) is 1. The number of benzene rings is 1. The molecule has 6 heteroatoms. The number of nitrogens with zero attached hydrogens (tertiary/aromatic N) is 3. The van der Waals surface area contributed by atoms with Gasteiger partial charge in [-0.1, -0.05) is 30.3 Å².